The molecular formula is C15H15N3O3. The fraction of sp³-hybridized carbons (Fsp3) is 0.333. The maximum Gasteiger partial charge on any atom is 0.323 e. The summed E-state index contributed by atoms with van der Waals surface area (Å²) in [6.07, 6.45) is 1.60. The number of benzene rings is 1. The molecular weight excluding hydrogens is 270 g/mol. The molecule has 0 fully saturated rings. The maximum atomic E-state index is 12.1. The molecule has 1 atom stereocenters. The number of carbonyl (C=O) groups excluding carboxylic acids is 3. The maximum absolute atomic E-state index is 12.1. The van der Waals surface area contributed by atoms with Crippen molar-refractivity contribution in [2.75, 3.05) is 6.54 Å². The molecule has 0 aliphatic carbocycles. The van der Waals surface area contributed by atoms with E-state index in [1.165, 1.54) is 4.90 Å². The number of nitrogens with zero attached hydrogens (tertiary/aromatic N) is 3. The van der Waals surface area contributed by atoms with Crippen molar-refractivity contribution in [3.63, 3.8) is 0 Å². The molecule has 2 rings (SSSR count). The fourth-order valence-electron chi connectivity index (χ4n) is 2.35. The minimum Gasteiger partial charge on any atom is -0.361 e. The Balaban J connectivity index is 1.96. The van der Waals surface area contributed by atoms with Gasteiger partial charge in [-0.15, -0.1) is 0 Å². The summed E-state index contributed by atoms with van der Waals surface area (Å²) >= 11 is 0. The van der Waals surface area contributed by atoms with Crippen LogP contribution in [0.15, 0.2) is 24.3 Å². The van der Waals surface area contributed by atoms with Crippen LogP contribution >= 0.6 is 0 Å². The third kappa shape index (κ3) is 3.12. The minimum atomic E-state index is -0.286. The first-order chi connectivity index (χ1) is 10.0. The van der Waals surface area contributed by atoms with Crippen molar-refractivity contribution in [3.05, 3.63) is 40.9 Å². The highest BCUT2D eigenvalue weighted by Gasteiger charge is 2.34. The average Bonchev–Trinajstić information content (AvgIpc) is 2.70. The SMILES string of the molecule is C[C@@H](CCN1C(=O)c2ccccc2C1=O)CC(=O)C=[N+]=[N-]. The van der Waals surface area contributed by atoms with Gasteiger partial charge in [0.25, 0.3) is 11.8 Å². The number of hydrogen-bond acceptors (Lipinski definition) is 3. The van der Waals surface area contributed by atoms with Gasteiger partial charge in [-0.05, 0) is 24.5 Å². The van der Waals surface area contributed by atoms with E-state index < -0.39 is 0 Å². The fourth-order valence-corrected chi connectivity index (χ4v) is 2.35. The average molecular weight is 285 g/mol. The number of imide groups is 1. The highest BCUT2D eigenvalue weighted by atomic mass is 16.2. The zero-order chi connectivity index (χ0) is 15.4. The second kappa shape index (κ2) is 6.24. The van der Waals surface area contributed by atoms with E-state index in [9.17, 15) is 14.4 Å². The lowest BCUT2D eigenvalue weighted by Crippen LogP contribution is -2.31. The Morgan fingerprint density at radius 2 is 1.86 bits per heavy atom. The first-order valence-electron chi connectivity index (χ1n) is 6.70. The Hall–Kier alpha value is -2.59. The van der Waals surface area contributed by atoms with Crippen molar-refractivity contribution in [1.29, 1.82) is 0 Å². The Bertz CT molecular complexity index is 612. The molecule has 0 saturated heterocycles. The number of hydrogen-bond donors (Lipinski definition) is 0. The molecule has 0 aromatic heterocycles. The van der Waals surface area contributed by atoms with Crippen molar-refractivity contribution < 1.29 is 19.2 Å². The zero-order valence-electron chi connectivity index (χ0n) is 11.7. The van der Waals surface area contributed by atoms with Gasteiger partial charge in [-0.25, -0.2) is 0 Å². The summed E-state index contributed by atoms with van der Waals surface area (Å²) in [5.41, 5.74) is 9.13. The Kier molecular flexibility index (Phi) is 4.40. The van der Waals surface area contributed by atoms with Gasteiger partial charge in [-0.2, -0.15) is 4.79 Å². The molecule has 0 unspecified atom stereocenters. The highest BCUT2D eigenvalue weighted by molar-refractivity contribution is 6.25. The van der Waals surface area contributed by atoms with E-state index in [0.717, 1.165) is 6.21 Å². The highest BCUT2D eigenvalue weighted by Crippen LogP contribution is 2.23. The predicted molar refractivity (Wildman–Crippen MR) is 74.9 cm³/mol. The van der Waals surface area contributed by atoms with Crippen LogP contribution in [0.25, 0.3) is 5.53 Å². The normalized spacial score (nSPS) is 14.6. The number of Topliss-reactive ketones (excluding diaryl/α,β-unsaturated/α-hetero) is 1. The first kappa shape index (κ1) is 14.8. The molecule has 2 amide bonds. The summed E-state index contributed by atoms with van der Waals surface area (Å²) in [5, 5.41) is 0. The number of fused-ring (bicyclic) bond motifs is 1. The van der Waals surface area contributed by atoms with Crippen molar-refractivity contribution in [1.82, 2.24) is 4.90 Å². The molecule has 0 N–H and O–H groups in total. The minimum absolute atomic E-state index is 0.0141. The number of ketones is 1. The van der Waals surface area contributed by atoms with Crippen molar-refractivity contribution in [2.45, 2.75) is 19.8 Å². The number of rotatable bonds is 6. The van der Waals surface area contributed by atoms with Gasteiger partial charge in [-0.1, -0.05) is 19.1 Å². The van der Waals surface area contributed by atoms with E-state index in [4.69, 9.17) is 5.53 Å². The van der Waals surface area contributed by atoms with Crippen LogP contribution in [0.2, 0.25) is 0 Å². The lowest BCUT2D eigenvalue weighted by Gasteiger charge is -2.16. The second-order valence-corrected chi connectivity index (χ2v) is 5.12. The third-order valence-corrected chi connectivity index (χ3v) is 3.48. The van der Waals surface area contributed by atoms with Gasteiger partial charge in [0.15, 0.2) is 0 Å². The summed E-state index contributed by atoms with van der Waals surface area (Å²) in [6, 6.07) is 6.73. The van der Waals surface area contributed by atoms with E-state index in [2.05, 4.69) is 4.79 Å². The van der Waals surface area contributed by atoms with Gasteiger partial charge in [0.05, 0.1) is 11.1 Å². The van der Waals surface area contributed by atoms with Gasteiger partial charge in [0, 0.05) is 13.0 Å². The first-order valence-corrected chi connectivity index (χ1v) is 6.70. The zero-order valence-corrected chi connectivity index (χ0v) is 11.7. The van der Waals surface area contributed by atoms with E-state index >= 15 is 0 Å². The van der Waals surface area contributed by atoms with E-state index in [1.54, 1.807) is 24.3 Å². The molecule has 1 aromatic carbocycles. The van der Waals surface area contributed by atoms with Gasteiger partial charge in [0.1, 0.15) is 0 Å². The summed E-state index contributed by atoms with van der Waals surface area (Å²) < 4.78 is 0. The molecule has 0 radical (unpaired) electrons. The van der Waals surface area contributed by atoms with Crippen molar-refractivity contribution in [2.24, 2.45) is 5.92 Å². The molecule has 1 aliphatic rings. The van der Waals surface area contributed by atoms with Crippen molar-refractivity contribution in [3.8, 4) is 0 Å². The molecule has 6 heteroatoms. The van der Waals surface area contributed by atoms with Crippen LogP contribution in [-0.2, 0) is 4.79 Å². The third-order valence-electron chi connectivity index (χ3n) is 3.48. The predicted octanol–water partition coefficient (Wildman–Crippen LogP) is 1.57. The molecule has 108 valence electrons. The quantitative estimate of drug-likeness (QED) is 0.344. The molecule has 1 heterocycles. The molecule has 1 aromatic rings. The van der Waals surface area contributed by atoms with Gasteiger partial charge in [-0.3, -0.25) is 19.3 Å². The van der Waals surface area contributed by atoms with Crippen molar-refractivity contribution >= 4 is 23.8 Å². The monoisotopic (exact) mass is 285 g/mol. The van der Waals surface area contributed by atoms with E-state index in [0.29, 0.717) is 17.5 Å². The molecule has 6 nitrogen and oxygen atoms in total. The van der Waals surface area contributed by atoms with E-state index in [1.807, 2.05) is 6.92 Å². The molecule has 0 saturated carbocycles. The van der Waals surface area contributed by atoms with Gasteiger partial charge < -0.3 is 5.53 Å². The lowest BCUT2D eigenvalue weighted by atomic mass is 10.0. The summed E-state index contributed by atoms with van der Waals surface area (Å²) in [4.78, 5) is 39.5. The largest absolute Gasteiger partial charge is 0.361 e. The molecule has 0 bridgehead atoms. The van der Waals surface area contributed by atoms with Crippen LogP contribution < -0.4 is 0 Å². The van der Waals surface area contributed by atoms with Crippen LogP contribution in [0, 0.1) is 5.92 Å². The van der Waals surface area contributed by atoms with Gasteiger partial charge >= 0.3 is 6.21 Å². The summed E-state index contributed by atoms with van der Waals surface area (Å²) in [5.74, 6) is -0.871. The van der Waals surface area contributed by atoms with Crippen LogP contribution in [0.3, 0.4) is 0 Å². The molecule has 0 spiro atoms. The van der Waals surface area contributed by atoms with Crippen LogP contribution in [-0.4, -0.2) is 40.0 Å². The second-order valence-electron chi connectivity index (χ2n) is 5.12. The van der Waals surface area contributed by atoms with Gasteiger partial charge in [0.2, 0.25) is 5.78 Å². The summed E-state index contributed by atoms with van der Waals surface area (Å²) in [7, 11) is 0. The smallest absolute Gasteiger partial charge is 0.323 e. The summed E-state index contributed by atoms with van der Waals surface area (Å²) in [6.45, 7) is 2.12. The lowest BCUT2D eigenvalue weighted by molar-refractivity contribution is -0.116. The van der Waals surface area contributed by atoms with E-state index in [-0.39, 0.29) is 36.5 Å². The Morgan fingerprint density at radius 1 is 1.29 bits per heavy atom. The van der Waals surface area contributed by atoms with Crippen LogP contribution in [0.4, 0.5) is 0 Å². The van der Waals surface area contributed by atoms with Crippen LogP contribution in [0.1, 0.15) is 40.5 Å². The van der Waals surface area contributed by atoms with Crippen LogP contribution in [0.5, 0.6) is 0 Å². The topological polar surface area (TPSA) is 90.9 Å². The standard InChI is InChI=1S/C15H15N3O3/c1-10(8-11(19)9-17-16)6-7-18-14(20)12-4-2-3-5-13(12)15(18)21/h2-5,9-10H,6-8H2,1H3/t10-/m0/s1. The number of amides is 2. The Morgan fingerprint density at radius 3 is 2.38 bits per heavy atom. The Labute approximate surface area is 122 Å². The number of carbonyl (C=O) groups is 3. The molecule has 21 heavy (non-hydrogen) atoms. The molecule has 1 aliphatic heterocycles.